The molecule has 0 saturated heterocycles. The van der Waals surface area contributed by atoms with Crippen molar-refractivity contribution in [1.29, 1.82) is 0 Å². The van der Waals surface area contributed by atoms with E-state index in [1.54, 1.807) is 6.07 Å². The predicted octanol–water partition coefficient (Wildman–Crippen LogP) is 4.02. The Morgan fingerprint density at radius 2 is 2.03 bits per heavy atom. The smallest absolute Gasteiger partial charge is 0.159 e. The second-order valence-corrected chi connectivity index (χ2v) is 11.3. The second-order valence-electron chi connectivity index (χ2n) is 9.08. The van der Waals surface area contributed by atoms with Crippen LogP contribution in [0.1, 0.15) is 24.6 Å². The van der Waals surface area contributed by atoms with Gasteiger partial charge in [0.05, 0.1) is 23.2 Å². The molecular formula is C26H29N5O3S. The number of aromatic nitrogens is 4. The highest BCUT2D eigenvalue weighted by molar-refractivity contribution is 7.90. The molecular weight excluding hydrogens is 462 g/mol. The Labute approximate surface area is 204 Å². The molecule has 5 rings (SSSR count). The molecule has 0 unspecified atom stereocenters. The number of sulfone groups is 1. The molecule has 9 heteroatoms. The molecule has 3 heterocycles. The van der Waals surface area contributed by atoms with Crippen molar-refractivity contribution >= 4 is 26.3 Å². The van der Waals surface area contributed by atoms with E-state index in [4.69, 9.17) is 0 Å². The van der Waals surface area contributed by atoms with Crippen LogP contribution in [0.15, 0.2) is 48.7 Å². The van der Waals surface area contributed by atoms with Crippen molar-refractivity contribution in [3.8, 4) is 28.4 Å². The zero-order valence-corrected chi connectivity index (χ0v) is 20.7. The number of benzene rings is 2. The molecule has 2 aromatic carbocycles. The maximum absolute atomic E-state index is 11.4. The molecule has 35 heavy (non-hydrogen) atoms. The summed E-state index contributed by atoms with van der Waals surface area (Å²) in [5, 5.41) is 18.5. The van der Waals surface area contributed by atoms with Gasteiger partial charge in [-0.05, 0) is 59.4 Å². The van der Waals surface area contributed by atoms with Gasteiger partial charge in [0.15, 0.2) is 5.82 Å². The van der Waals surface area contributed by atoms with Gasteiger partial charge in [-0.2, -0.15) is 5.10 Å². The largest absolute Gasteiger partial charge is 0.508 e. The van der Waals surface area contributed by atoms with E-state index < -0.39 is 9.84 Å². The second kappa shape index (κ2) is 9.31. The molecule has 1 aliphatic rings. The first-order valence-corrected chi connectivity index (χ1v) is 13.8. The third-order valence-electron chi connectivity index (χ3n) is 6.56. The molecule has 2 aromatic heterocycles. The molecule has 4 aromatic rings. The Morgan fingerprint density at radius 3 is 2.77 bits per heavy atom. The van der Waals surface area contributed by atoms with Gasteiger partial charge in [0.2, 0.25) is 0 Å². The van der Waals surface area contributed by atoms with Crippen LogP contribution in [0.3, 0.4) is 0 Å². The third kappa shape index (κ3) is 5.01. The van der Waals surface area contributed by atoms with Gasteiger partial charge in [0, 0.05) is 31.3 Å². The standard InChI is InChI=1S/C26H29N5O3S/c1-3-17-14-20(32)5-7-21(17)19-4-6-22-23(15-19)29-30-25(22)26-27-16-24(28-26)18-8-10-31(11-9-18)12-13-35(2,33)34/h4-8,14-16,32H,3,9-13H2,1-2H3,(H,27,28)(H,29,30). The average molecular weight is 492 g/mol. The molecule has 0 radical (unpaired) electrons. The summed E-state index contributed by atoms with van der Waals surface area (Å²) >= 11 is 0. The summed E-state index contributed by atoms with van der Waals surface area (Å²) in [5.41, 5.74) is 7.09. The van der Waals surface area contributed by atoms with Crippen LogP contribution in [0, 0.1) is 0 Å². The SMILES string of the molecule is CCc1cc(O)ccc1-c1ccc2c(-c3ncc(C4=CCN(CCS(C)(=O)=O)CC4)[nH]3)n[nH]c2c1. The first kappa shape index (κ1) is 23.3. The Morgan fingerprint density at radius 1 is 1.17 bits per heavy atom. The van der Waals surface area contributed by atoms with Crippen molar-refractivity contribution in [2.75, 3.05) is 31.6 Å². The third-order valence-corrected chi connectivity index (χ3v) is 7.49. The van der Waals surface area contributed by atoms with Gasteiger partial charge in [-0.1, -0.05) is 25.1 Å². The predicted molar refractivity (Wildman–Crippen MR) is 139 cm³/mol. The molecule has 0 spiro atoms. The zero-order valence-electron chi connectivity index (χ0n) is 19.9. The van der Waals surface area contributed by atoms with Crippen LogP contribution < -0.4 is 0 Å². The summed E-state index contributed by atoms with van der Waals surface area (Å²) in [6, 6.07) is 11.7. The first-order chi connectivity index (χ1) is 16.8. The molecule has 0 fully saturated rings. The van der Waals surface area contributed by atoms with Crippen molar-refractivity contribution in [1.82, 2.24) is 25.1 Å². The van der Waals surface area contributed by atoms with Crippen LogP contribution in [0.4, 0.5) is 0 Å². The summed E-state index contributed by atoms with van der Waals surface area (Å²) in [5.74, 6) is 1.17. The first-order valence-electron chi connectivity index (χ1n) is 11.8. The molecule has 182 valence electrons. The van der Waals surface area contributed by atoms with Crippen LogP contribution in [0.5, 0.6) is 5.75 Å². The minimum absolute atomic E-state index is 0.185. The van der Waals surface area contributed by atoms with Crippen molar-refractivity contribution in [3.05, 3.63) is 59.9 Å². The quantitative estimate of drug-likeness (QED) is 0.360. The number of nitrogens with zero attached hydrogens (tertiary/aromatic N) is 3. The van der Waals surface area contributed by atoms with Crippen molar-refractivity contribution < 1.29 is 13.5 Å². The van der Waals surface area contributed by atoms with Crippen molar-refractivity contribution in [3.63, 3.8) is 0 Å². The van der Waals surface area contributed by atoms with Gasteiger partial charge >= 0.3 is 0 Å². The van der Waals surface area contributed by atoms with E-state index in [9.17, 15) is 13.5 Å². The molecule has 0 atom stereocenters. The van der Waals surface area contributed by atoms with E-state index in [0.29, 0.717) is 12.4 Å². The number of nitrogens with one attached hydrogen (secondary N) is 2. The number of imidazole rings is 1. The molecule has 1 aliphatic heterocycles. The van der Waals surface area contributed by atoms with Gasteiger partial charge in [-0.15, -0.1) is 0 Å². The van der Waals surface area contributed by atoms with Crippen LogP contribution >= 0.6 is 0 Å². The highest BCUT2D eigenvalue weighted by Gasteiger charge is 2.18. The minimum atomic E-state index is -2.95. The van der Waals surface area contributed by atoms with Gasteiger partial charge in [0.25, 0.3) is 0 Å². The number of fused-ring (bicyclic) bond motifs is 1. The summed E-state index contributed by atoms with van der Waals surface area (Å²) in [7, 11) is -2.95. The topological polar surface area (TPSA) is 115 Å². The normalized spacial score (nSPS) is 15.0. The van der Waals surface area contributed by atoms with E-state index in [2.05, 4.69) is 56.3 Å². The zero-order chi connectivity index (χ0) is 24.6. The fourth-order valence-corrected chi connectivity index (χ4v) is 5.17. The lowest BCUT2D eigenvalue weighted by atomic mass is 9.97. The number of phenolic OH excluding ortho intramolecular Hbond substituents is 1. The maximum atomic E-state index is 11.4. The van der Waals surface area contributed by atoms with Crippen LogP contribution in [-0.4, -0.2) is 70.2 Å². The van der Waals surface area contributed by atoms with Crippen LogP contribution in [0.25, 0.3) is 39.1 Å². The number of aromatic amines is 2. The van der Waals surface area contributed by atoms with Gasteiger partial charge in [0.1, 0.15) is 21.3 Å². The lowest BCUT2D eigenvalue weighted by Gasteiger charge is -2.25. The number of hydrogen-bond donors (Lipinski definition) is 3. The molecule has 0 saturated carbocycles. The highest BCUT2D eigenvalue weighted by atomic mass is 32.2. The molecule has 8 nitrogen and oxygen atoms in total. The monoisotopic (exact) mass is 491 g/mol. The Balaban J connectivity index is 1.36. The number of hydrogen-bond acceptors (Lipinski definition) is 6. The van der Waals surface area contributed by atoms with E-state index in [0.717, 1.165) is 64.9 Å². The molecule has 0 amide bonds. The van der Waals surface area contributed by atoms with Crippen LogP contribution in [0.2, 0.25) is 0 Å². The Bertz CT molecular complexity index is 1520. The van der Waals surface area contributed by atoms with Crippen molar-refractivity contribution in [2.45, 2.75) is 19.8 Å². The number of H-pyrrole nitrogens is 2. The number of rotatable bonds is 7. The number of phenols is 1. The lowest BCUT2D eigenvalue weighted by Crippen LogP contribution is -2.32. The molecule has 3 N–H and O–H groups in total. The molecule has 0 bridgehead atoms. The van der Waals surface area contributed by atoms with E-state index in [1.807, 2.05) is 18.3 Å². The van der Waals surface area contributed by atoms with Gasteiger partial charge in [-0.25, -0.2) is 13.4 Å². The van der Waals surface area contributed by atoms with Gasteiger partial charge in [-0.3, -0.25) is 10.00 Å². The summed E-state index contributed by atoms with van der Waals surface area (Å²) in [6.07, 6.45) is 6.92. The fraction of sp³-hybridized carbons (Fsp3) is 0.308. The highest BCUT2D eigenvalue weighted by Crippen LogP contribution is 2.32. The average Bonchev–Trinajstić information content (AvgIpc) is 3.49. The van der Waals surface area contributed by atoms with Crippen molar-refractivity contribution in [2.24, 2.45) is 0 Å². The summed E-state index contributed by atoms with van der Waals surface area (Å²) in [4.78, 5) is 10.2. The van der Waals surface area contributed by atoms with Gasteiger partial charge < -0.3 is 10.1 Å². The summed E-state index contributed by atoms with van der Waals surface area (Å²) < 4.78 is 22.9. The number of aryl methyl sites for hydroxylation is 1. The fourth-order valence-electron chi connectivity index (χ4n) is 4.58. The van der Waals surface area contributed by atoms with E-state index in [-0.39, 0.29) is 11.5 Å². The van der Waals surface area contributed by atoms with E-state index in [1.165, 1.54) is 11.8 Å². The Hall–Kier alpha value is -3.43. The lowest BCUT2D eigenvalue weighted by molar-refractivity contribution is 0.319. The number of aromatic hydroxyl groups is 1. The summed E-state index contributed by atoms with van der Waals surface area (Å²) in [6.45, 7) is 4.18. The van der Waals surface area contributed by atoms with Crippen LogP contribution in [-0.2, 0) is 16.3 Å². The molecule has 0 aliphatic carbocycles. The van der Waals surface area contributed by atoms with E-state index >= 15 is 0 Å². The Kier molecular flexibility index (Phi) is 6.21. The minimum Gasteiger partial charge on any atom is -0.508 e. The maximum Gasteiger partial charge on any atom is 0.159 e.